The van der Waals surface area contributed by atoms with Crippen LogP contribution in [0.3, 0.4) is 0 Å². The van der Waals surface area contributed by atoms with Crippen LogP contribution in [0, 0.1) is 6.92 Å². The minimum atomic E-state index is -3.50. The van der Waals surface area contributed by atoms with Crippen LogP contribution >= 0.6 is 0 Å². The lowest BCUT2D eigenvalue weighted by Gasteiger charge is -2.33. The van der Waals surface area contributed by atoms with Crippen LogP contribution in [0.5, 0.6) is 0 Å². The average Bonchev–Trinajstić information content (AvgIpc) is 3.15. The van der Waals surface area contributed by atoms with Crippen molar-refractivity contribution in [1.29, 1.82) is 0 Å². The normalized spacial score (nSPS) is 16.5. The molecule has 0 radical (unpaired) electrons. The summed E-state index contributed by atoms with van der Waals surface area (Å²) in [5.74, 6) is 1.19. The maximum Gasteiger partial charge on any atom is 0.252 e. The Hall–Kier alpha value is -2.16. The number of rotatable bonds is 8. The third kappa shape index (κ3) is 5.26. The van der Waals surface area contributed by atoms with E-state index in [0.717, 1.165) is 24.6 Å². The molecule has 3 rings (SSSR count). The van der Waals surface area contributed by atoms with Crippen molar-refractivity contribution < 1.29 is 22.4 Å². The molecule has 8 heteroatoms. The number of amides is 1. The minimum absolute atomic E-state index is 0.0133. The van der Waals surface area contributed by atoms with Crippen molar-refractivity contribution in [3.8, 4) is 0 Å². The van der Waals surface area contributed by atoms with Gasteiger partial charge in [0.25, 0.3) is 5.91 Å². The lowest BCUT2D eigenvalue weighted by Crippen LogP contribution is -2.43. The highest BCUT2D eigenvalue weighted by Crippen LogP contribution is 2.24. The molecule has 2 aromatic rings. The number of carbonyl (C=O) groups is 1. The van der Waals surface area contributed by atoms with Crippen LogP contribution in [0.15, 0.2) is 45.7 Å². The molecule has 1 aliphatic heterocycles. The van der Waals surface area contributed by atoms with Gasteiger partial charge in [-0.3, -0.25) is 9.69 Å². The summed E-state index contributed by atoms with van der Waals surface area (Å²) in [5.41, 5.74) is 0.178. The van der Waals surface area contributed by atoms with E-state index in [0.29, 0.717) is 26.2 Å². The Morgan fingerprint density at radius 2 is 1.90 bits per heavy atom. The van der Waals surface area contributed by atoms with Gasteiger partial charge in [-0.25, -0.2) is 8.42 Å². The predicted molar refractivity (Wildman–Crippen MR) is 110 cm³/mol. The highest BCUT2D eigenvalue weighted by molar-refractivity contribution is 7.91. The summed E-state index contributed by atoms with van der Waals surface area (Å²) in [6.45, 7) is 6.73. The fraction of sp³-hybridized carbons (Fsp3) is 0.476. The lowest BCUT2D eigenvalue weighted by molar-refractivity contribution is 0.0117. The topological polar surface area (TPSA) is 88.8 Å². The van der Waals surface area contributed by atoms with Crippen molar-refractivity contribution in [1.82, 2.24) is 10.2 Å². The molecule has 0 spiro atoms. The quantitative estimate of drug-likeness (QED) is 0.706. The van der Waals surface area contributed by atoms with Gasteiger partial charge >= 0.3 is 0 Å². The van der Waals surface area contributed by atoms with Gasteiger partial charge in [-0.15, -0.1) is 0 Å². The second kappa shape index (κ2) is 9.56. The SMILES string of the molecule is CCCS(=O)(=O)c1ccccc1C(=O)NCC(c1ccc(C)o1)N1CCOCC1. The monoisotopic (exact) mass is 420 g/mol. The molecule has 0 aliphatic carbocycles. The Kier molecular flexibility index (Phi) is 7.10. The van der Waals surface area contributed by atoms with Gasteiger partial charge in [-0.1, -0.05) is 19.1 Å². The summed E-state index contributed by atoms with van der Waals surface area (Å²) in [4.78, 5) is 15.2. The van der Waals surface area contributed by atoms with E-state index >= 15 is 0 Å². The van der Waals surface area contributed by atoms with Crippen molar-refractivity contribution in [2.75, 3.05) is 38.6 Å². The summed E-state index contributed by atoms with van der Waals surface area (Å²) in [6.07, 6.45) is 0.495. The highest BCUT2D eigenvalue weighted by atomic mass is 32.2. The van der Waals surface area contributed by atoms with E-state index < -0.39 is 15.7 Å². The van der Waals surface area contributed by atoms with Crippen molar-refractivity contribution in [3.05, 3.63) is 53.5 Å². The molecule has 1 aliphatic rings. The number of aryl methyl sites for hydroxylation is 1. The fourth-order valence-electron chi connectivity index (χ4n) is 3.52. The largest absolute Gasteiger partial charge is 0.465 e. The Labute approximate surface area is 172 Å². The van der Waals surface area contributed by atoms with Crippen LogP contribution in [0.2, 0.25) is 0 Å². The summed E-state index contributed by atoms with van der Waals surface area (Å²) >= 11 is 0. The molecule has 1 aromatic carbocycles. The smallest absolute Gasteiger partial charge is 0.252 e. The van der Waals surface area contributed by atoms with Gasteiger partial charge in [0.2, 0.25) is 0 Å². The van der Waals surface area contributed by atoms with Gasteiger partial charge in [0, 0.05) is 19.6 Å². The molecule has 29 heavy (non-hydrogen) atoms. The minimum Gasteiger partial charge on any atom is -0.465 e. The molecule has 0 bridgehead atoms. The molecule has 1 amide bonds. The zero-order valence-electron chi connectivity index (χ0n) is 16.9. The number of hydrogen-bond donors (Lipinski definition) is 1. The number of sulfone groups is 1. The predicted octanol–water partition coefficient (Wildman–Crippen LogP) is 2.58. The maximum atomic E-state index is 12.9. The second-order valence-corrected chi connectivity index (χ2v) is 9.22. The zero-order chi connectivity index (χ0) is 20.9. The van der Waals surface area contributed by atoms with Gasteiger partial charge in [0.05, 0.1) is 35.5 Å². The number of nitrogens with one attached hydrogen (secondary N) is 1. The first-order valence-electron chi connectivity index (χ1n) is 9.90. The van der Waals surface area contributed by atoms with E-state index in [1.807, 2.05) is 19.1 Å². The molecule has 1 saturated heterocycles. The number of benzene rings is 1. The summed E-state index contributed by atoms with van der Waals surface area (Å²) in [7, 11) is -3.50. The third-order valence-electron chi connectivity index (χ3n) is 4.97. The van der Waals surface area contributed by atoms with Crippen LogP contribution in [0.4, 0.5) is 0 Å². The Morgan fingerprint density at radius 3 is 2.55 bits per heavy atom. The van der Waals surface area contributed by atoms with Crippen LogP contribution in [-0.4, -0.2) is 57.8 Å². The molecule has 7 nitrogen and oxygen atoms in total. The maximum absolute atomic E-state index is 12.9. The van der Waals surface area contributed by atoms with Crippen LogP contribution < -0.4 is 5.32 Å². The molecule has 0 saturated carbocycles. The van der Waals surface area contributed by atoms with Gasteiger partial charge < -0.3 is 14.5 Å². The molecule has 158 valence electrons. The van der Waals surface area contributed by atoms with Crippen LogP contribution in [0.1, 0.15) is 41.3 Å². The molecule has 1 atom stereocenters. The second-order valence-electron chi connectivity index (χ2n) is 7.14. The number of ether oxygens (including phenoxy) is 1. The van der Waals surface area contributed by atoms with Gasteiger partial charge in [-0.05, 0) is 37.6 Å². The number of carbonyl (C=O) groups excluding carboxylic acids is 1. The van der Waals surface area contributed by atoms with E-state index in [-0.39, 0.29) is 22.3 Å². The first-order chi connectivity index (χ1) is 13.9. The van der Waals surface area contributed by atoms with E-state index in [1.165, 1.54) is 6.07 Å². The number of hydrogen-bond acceptors (Lipinski definition) is 6. The first kappa shape index (κ1) is 21.5. The molecular weight excluding hydrogens is 392 g/mol. The number of morpholine rings is 1. The van der Waals surface area contributed by atoms with Crippen LogP contribution in [0.25, 0.3) is 0 Å². The first-order valence-corrected chi connectivity index (χ1v) is 11.6. The Morgan fingerprint density at radius 1 is 1.17 bits per heavy atom. The number of nitrogens with zero attached hydrogens (tertiary/aromatic N) is 1. The molecule has 1 N–H and O–H groups in total. The molecule has 1 unspecified atom stereocenters. The Bertz CT molecular complexity index is 932. The molecule has 1 fully saturated rings. The van der Waals surface area contributed by atoms with Crippen LogP contribution in [-0.2, 0) is 14.6 Å². The van der Waals surface area contributed by atoms with Gasteiger partial charge in [0.15, 0.2) is 9.84 Å². The lowest BCUT2D eigenvalue weighted by atomic mass is 10.1. The van der Waals surface area contributed by atoms with Crippen molar-refractivity contribution >= 4 is 15.7 Å². The van der Waals surface area contributed by atoms with E-state index in [2.05, 4.69) is 10.2 Å². The summed E-state index contributed by atoms with van der Waals surface area (Å²) in [5, 5.41) is 2.91. The van der Waals surface area contributed by atoms with E-state index in [9.17, 15) is 13.2 Å². The van der Waals surface area contributed by atoms with Crippen molar-refractivity contribution in [2.45, 2.75) is 31.2 Å². The van der Waals surface area contributed by atoms with Gasteiger partial charge in [0.1, 0.15) is 11.5 Å². The molecule has 1 aromatic heterocycles. The fourth-order valence-corrected chi connectivity index (χ4v) is 5.06. The average molecular weight is 421 g/mol. The van der Waals surface area contributed by atoms with Crippen molar-refractivity contribution in [2.24, 2.45) is 0 Å². The molecular formula is C21H28N2O5S. The standard InChI is InChI=1S/C21H28N2O5S/c1-3-14-29(25,26)20-7-5-4-6-17(20)21(24)22-15-18(19-9-8-16(2)28-19)23-10-12-27-13-11-23/h4-9,18H,3,10-15H2,1-2H3,(H,22,24). The molecule has 2 heterocycles. The third-order valence-corrected chi connectivity index (χ3v) is 6.94. The van der Waals surface area contributed by atoms with E-state index in [4.69, 9.17) is 9.15 Å². The zero-order valence-corrected chi connectivity index (χ0v) is 17.7. The summed E-state index contributed by atoms with van der Waals surface area (Å²) < 4.78 is 36.4. The summed E-state index contributed by atoms with van der Waals surface area (Å²) in [6, 6.07) is 10.0. The highest BCUT2D eigenvalue weighted by Gasteiger charge is 2.27. The number of furan rings is 1. The van der Waals surface area contributed by atoms with E-state index in [1.54, 1.807) is 25.1 Å². The van der Waals surface area contributed by atoms with Gasteiger partial charge in [-0.2, -0.15) is 0 Å². The Balaban J connectivity index is 1.79. The van der Waals surface area contributed by atoms with Crippen molar-refractivity contribution in [3.63, 3.8) is 0 Å².